The number of anilines is 1. The van der Waals surface area contributed by atoms with Crippen LogP contribution in [-0.2, 0) is 6.42 Å². The molecule has 2 aromatic rings. The van der Waals surface area contributed by atoms with Crippen molar-refractivity contribution in [2.45, 2.75) is 20.3 Å². The summed E-state index contributed by atoms with van der Waals surface area (Å²) in [5.41, 5.74) is 4.53. The molecule has 0 saturated carbocycles. The Morgan fingerprint density at radius 1 is 1.11 bits per heavy atom. The van der Waals surface area contributed by atoms with Crippen LogP contribution >= 0.6 is 0 Å². The van der Waals surface area contributed by atoms with E-state index in [0.717, 1.165) is 24.3 Å². The second kappa shape index (κ2) is 5.65. The molecule has 1 aromatic carbocycles. The van der Waals surface area contributed by atoms with Gasteiger partial charge in [-0.05, 0) is 43.5 Å². The minimum absolute atomic E-state index is 0.787. The number of para-hydroxylation sites is 1. The number of nitrogens with two attached hydrogens (primary N) is 1. The highest BCUT2D eigenvalue weighted by molar-refractivity contribution is 5.51. The summed E-state index contributed by atoms with van der Waals surface area (Å²) in [5.74, 6) is 6.09. The van der Waals surface area contributed by atoms with E-state index in [9.17, 15) is 0 Å². The second-order valence-corrected chi connectivity index (χ2v) is 4.54. The third-order valence-corrected chi connectivity index (χ3v) is 3.04. The Morgan fingerprint density at radius 3 is 2.56 bits per heavy atom. The maximum absolute atomic E-state index is 6.09. The molecule has 0 radical (unpaired) electrons. The number of pyridine rings is 1. The van der Waals surface area contributed by atoms with E-state index in [-0.39, 0.29) is 0 Å². The Kier molecular flexibility index (Phi) is 3.95. The van der Waals surface area contributed by atoms with Crippen LogP contribution in [0.25, 0.3) is 0 Å². The fraction of sp³-hybridized carbons (Fsp3) is 0.267. The molecule has 1 heterocycles. The van der Waals surface area contributed by atoms with Gasteiger partial charge in [-0.3, -0.25) is 4.98 Å². The normalized spacial score (nSPS) is 10.4. The molecular weight excluding hydrogens is 222 g/mol. The molecule has 0 aliphatic heterocycles. The molecule has 18 heavy (non-hydrogen) atoms. The third-order valence-electron chi connectivity index (χ3n) is 3.04. The number of hydrogen-bond acceptors (Lipinski definition) is 3. The van der Waals surface area contributed by atoms with Crippen molar-refractivity contribution in [2.75, 3.05) is 11.6 Å². The predicted octanol–water partition coefficient (Wildman–Crippen LogP) is 2.62. The van der Waals surface area contributed by atoms with Crippen LogP contribution in [0, 0.1) is 13.8 Å². The molecule has 0 unspecified atom stereocenters. The quantitative estimate of drug-likeness (QED) is 0.661. The van der Waals surface area contributed by atoms with Crippen LogP contribution in [0.4, 0.5) is 5.69 Å². The largest absolute Gasteiger partial charge is 0.310 e. The Balaban J connectivity index is 1.98. The second-order valence-electron chi connectivity index (χ2n) is 4.54. The number of hydrogen-bond donors (Lipinski definition) is 1. The van der Waals surface area contributed by atoms with E-state index in [1.54, 1.807) is 5.01 Å². The van der Waals surface area contributed by atoms with Gasteiger partial charge in [0.1, 0.15) is 0 Å². The van der Waals surface area contributed by atoms with Crippen LogP contribution in [0.2, 0.25) is 0 Å². The van der Waals surface area contributed by atoms with E-state index in [1.165, 1.54) is 11.1 Å². The molecule has 0 amide bonds. The number of nitrogens with zero attached hydrogens (tertiary/aromatic N) is 2. The van der Waals surface area contributed by atoms with E-state index < -0.39 is 0 Å². The fourth-order valence-corrected chi connectivity index (χ4v) is 1.90. The highest BCUT2D eigenvalue weighted by atomic mass is 15.4. The average molecular weight is 241 g/mol. The molecular formula is C15H19N3. The van der Waals surface area contributed by atoms with Gasteiger partial charge in [0.2, 0.25) is 0 Å². The first-order valence-corrected chi connectivity index (χ1v) is 6.16. The van der Waals surface area contributed by atoms with Gasteiger partial charge in [0.05, 0.1) is 5.69 Å². The summed E-state index contributed by atoms with van der Waals surface area (Å²) < 4.78 is 0. The molecule has 0 saturated heterocycles. The van der Waals surface area contributed by atoms with Crippen molar-refractivity contribution in [3.63, 3.8) is 0 Å². The summed E-state index contributed by atoms with van der Waals surface area (Å²) in [7, 11) is 0. The summed E-state index contributed by atoms with van der Waals surface area (Å²) >= 11 is 0. The van der Waals surface area contributed by atoms with Crippen molar-refractivity contribution in [3.05, 3.63) is 59.4 Å². The summed E-state index contributed by atoms with van der Waals surface area (Å²) in [6, 6.07) is 12.3. The number of benzene rings is 1. The molecule has 0 aliphatic carbocycles. The van der Waals surface area contributed by atoms with Crippen molar-refractivity contribution >= 4 is 5.69 Å². The van der Waals surface area contributed by atoms with E-state index >= 15 is 0 Å². The Morgan fingerprint density at radius 2 is 1.89 bits per heavy atom. The lowest BCUT2D eigenvalue weighted by Gasteiger charge is -2.20. The first-order valence-electron chi connectivity index (χ1n) is 6.16. The zero-order chi connectivity index (χ0) is 13.0. The topological polar surface area (TPSA) is 42.1 Å². The lowest BCUT2D eigenvalue weighted by Crippen LogP contribution is -2.33. The number of hydrazine groups is 1. The van der Waals surface area contributed by atoms with Gasteiger partial charge < -0.3 is 5.01 Å². The summed E-state index contributed by atoms with van der Waals surface area (Å²) in [6.45, 7) is 4.85. The van der Waals surface area contributed by atoms with Gasteiger partial charge in [-0.25, -0.2) is 5.84 Å². The molecule has 1 aromatic heterocycles. The minimum atomic E-state index is 0.787. The first-order chi connectivity index (χ1) is 8.66. The van der Waals surface area contributed by atoms with Gasteiger partial charge in [0.15, 0.2) is 0 Å². The SMILES string of the molecule is Cc1ccc(CCN(N)c2ccccc2C)cn1. The third kappa shape index (κ3) is 3.08. The highest BCUT2D eigenvalue weighted by Gasteiger charge is 2.04. The molecule has 3 heteroatoms. The first kappa shape index (κ1) is 12.6. The standard InChI is InChI=1S/C15H19N3/c1-12-5-3-4-6-15(12)18(16)10-9-14-8-7-13(2)17-11-14/h3-8,11H,9-10,16H2,1-2H3. The molecule has 0 aliphatic rings. The Labute approximate surface area is 108 Å². The molecule has 0 bridgehead atoms. The zero-order valence-electron chi connectivity index (χ0n) is 10.9. The molecule has 0 atom stereocenters. The van der Waals surface area contributed by atoms with E-state index in [2.05, 4.69) is 24.0 Å². The lowest BCUT2D eigenvalue weighted by atomic mass is 10.1. The van der Waals surface area contributed by atoms with Crippen molar-refractivity contribution in [3.8, 4) is 0 Å². The number of rotatable bonds is 4. The molecule has 2 N–H and O–H groups in total. The van der Waals surface area contributed by atoms with Gasteiger partial charge >= 0.3 is 0 Å². The van der Waals surface area contributed by atoms with Crippen molar-refractivity contribution in [2.24, 2.45) is 5.84 Å². The summed E-state index contributed by atoms with van der Waals surface area (Å²) in [5, 5.41) is 1.80. The monoisotopic (exact) mass is 241 g/mol. The minimum Gasteiger partial charge on any atom is -0.310 e. The Bertz CT molecular complexity index is 505. The molecule has 94 valence electrons. The maximum Gasteiger partial charge on any atom is 0.0546 e. The van der Waals surface area contributed by atoms with E-state index in [1.807, 2.05) is 37.4 Å². The van der Waals surface area contributed by atoms with E-state index in [4.69, 9.17) is 5.84 Å². The van der Waals surface area contributed by atoms with Crippen molar-refractivity contribution < 1.29 is 0 Å². The summed E-state index contributed by atoms with van der Waals surface area (Å²) in [4.78, 5) is 4.29. The van der Waals surface area contributed by atoms with Gasteiger partial charge in [-0.1, -0.05) is 24.3 Å². The molecule has 0 spiro atoms. The highest BCUT2D eigenvalue weighted by Crippen LogP contribution is 2.16. The lowest BCUT2D eigenvalue weighted by molar-refractivity contribution is 0.817. The van der Waals surface area contributed by atoms with Gasteiger partial charge in [-0.15, -0.1) is 0 Å². The zero-order valence-corrected chi connectivity index (χ0v) is 10.9. The average Bonchev–Trinajstić information content (AvgIpc) is 2.38. The maximum atomic E-state index is 6.09. The summed E-state index contributed by atoms with van der Waals surface area (Å²) in [6.07, 6.45) is 2.82. The fourth-order valence-electron chi connectivity index (χ4n) is 1.90. The molecule has 3 nitrogen and oxygen atoms in total. The molecule has 2 rings (SSSR count). The smallest absolute Gasteiger partial charge is 0.0546 e. The van der Waals surface area contributed by atoms with Crippen LogP contribution in [-0.4, -0.2) is 11.5 Å². The number of aromatic nitrogens is 1. The number of aryl methyl sites for hydroxylation is 2. The van der Waals surface area contributed by atoms with Crippen LogP contribution in [0.15, 0.2) is 42.6 Å². The van der Waals surface area contributed by atoms with Crippen molar-refractivity contribution in [1.29, 1.82) is 0 Å². The van der Waals surface area contributed by atoms with Crippen LogP contribution in [0.1, 0.15) is 16.8 Å². The van der Waals surface area contributed by atoms with E-state index in [0.29, 0.717) is 0 Å². The van der Waals surface area contributed by atoms with Crippen molar-refractivity contribution in [1.82, 2.24) is 4.98 Å². The predicted molar refractivity (Wildman–Crippen MR) is 75.4 cm³/mol. The van der Waals surface area contributed by atoms with Crippen LogP contribution < -0.4 is 10.9 Å². The van der Waals surface area contributed by atoms with Crippen LogP contribution in [0.5, 0.6) is 0 Å². The van der Waals surface area contributed by atoms with Gasteiger partial charge in [0, 0.05) is 18.4 Å². The Hall–Kier alpha value is -1.87. The van der Waals surface area contributed by atoms with Gasteiger partial charge in [-0.2, -0.15) is 0 Å². The molecule has 0 fully saturated rings. The van der Waals surface area contributed by atoms with Gasteiger partial charge in [0.25, 0.3) is 0 Å². The van der Waals surface area contributed by atoms with Crippen LogP contribution in [0.3, 0.4) is 0 Å².